The monoisotopic (exact) mass is 299 g/mol. The van der Waals surface area contributed by atoms with Gasteiger partial charge in [-0.05, 0) is 38.7 Å². The van der Waals surface area contributed by atoms with Crippen molar-refractivity contribution >= 4 is 9.84 Å². The lowest BCUT2D eigenvalue weighted by atomic mass is 9.81. The topological polar surface area (TPSA) is 60.2 Å². The Balaban J connectivity index is 2.51. The second kappa shape index (κ2) is 5.11. The molecule has 1 fully saturated rings. The molecule has 1 saturated carbocycles. The van der Waals surface area contributed by atoms with Gasteiger partial charge in [0.25, 0.3) is 0 Å². The molecule has 5 heteroatoms. The molecule has 2 rings (SSSR count). The molecule has 0 heterocycles. The Labute approximate surface area is 120 Å². The van der Waals surface area contributed by atoms with Gasteiger partial charge in [0.15, 0.2) is 15.5 Å². The fraction of sp³-hybridized carbons (Fsp3) is 0.600. The molecule has 1 aliphatic rings. The summed E-state index contributed by atoms with van der Waals surface area (Å²) in [5.41, 5.74) is 4.39. The predicted molar refractivity (Wildman–Crippen MR) is 78.7 cm³/mol. The first kappa shape index (κ1) is 15.4. The van der Waals surface area contributed by atoms with Crippen LogP contribution in [0, 0.1) is 0 Å². The number of benzene rings is 1. The van der Waals surface area contributed by atoms with Gasteiger partial charge in [-0.25, -0.2) is 12.8 Å². The Kier molecular flexibility index (Phi) is 3.95. The van der Waals surface area contributed by atoms with Crippen LogP contribution in [0.5, 0.6) is 0 Å². The van der Waals surface area contributed by atoms with Crippen molar-refractivity contribution in [3.05, 3.63) is 35.9 Å². The summed E-state index contributed by atoms with van der Waals surface area (Å²) in [6.45, 7) is 2.87. The smallest absolute Gasteiger partial charge is 0.174 e. The van der Waals surface area contributed by atoms with Gasteiger partial charge >= 0.3 is 0 Å². The molecule has 0 amide bonds. The molecule has 3 nitrogen and oxygen atoms in total. The van der Waals surface area contributed by atoms with Crippen molar-refractivity contribution in [3.63, 3.8) is 0 Å². The molecule has 1 aromatic rings. The van der Waals surface area contributed by atoms with E-state index in [1.165, 1.54) is 13.8 Å². The number of nitrogens with two attached hydrogens (primary N) is 1. The Bertz CT molecular complexity index is 565. The third-order valence-electron chi connectivity index (χ3n) is 4.13. The molecule has 0 spiro atoms. The molecule has 20 heavy (non-hydrogen) atoms. The molecule has 1 aliphatic carbocycles. The van der Waals surface area contributed by atoms with E-state index in [1.807, 2.05) is 0 Å². The van der Waals surface area contributed by atoms with Gasteiger partial charge in [0.1, 0.15) is 10.1 Å². The maximum absolute atomic E-state index is 15.6. The van der Waals surface area contributed by atoms with Crippen LogP contribution >= 0.6 is 0 Å². The summed E-state index contributed by atoms with van der Waals surface area (Å²) in [5.74, 6) is 0. The standard InChI is InChI=1S/C15H22FNO2S/c1-14(2,17)20(18,19)13-10-6-7-11-15(13,16)12-8-4-3-5-9-12/h3-5,8-9,13H,6-7,10-11,17H2,1-2H3/t13-,15-/m1/s1. The first-order valence-electron chi connectivity index (χ1n) is 6.96. The zero-order valence-corrected chi connectivity index (χ0v) is 12.8. The summed E-state index contributed by atoms with van der Waals surface area (Å²) in [6.07, 6.45) is 1.98. The number of rotatable bonds is 3. The number of hydrogen-bond donors (Lipinski definition) is 1. The Morgan fingerprint density at radius 2 is 1.85 bits per heavy atom. The molecule has 0 aliphatic heterocycles. The van der Waals surface area contributed by atoms with E-state index in [2.05, 4.69) is 0 Å². The third kappa shape index (κ3) is 2.49. The number of sulfone groups is 1. The largest absolute Gasteiger partial charge is 0.313 e. The van der Waals surface area contributed by atoms with Gasteiger partial charge in [0.05, 0.1) is 0 Å². The minimum Gasteiger partial charge on any atom is -0.313 e. The van der Waals surface area contributed by atoms with Gasteiger partial charge in [0, 0.05) is 0 Å². The Hall–Kier alpha value is -0.940. The molecular weight excluding hydrogens is 277 g/mol. The predicted octanol–water partition coefficient (Wildman–Crippen LogP) is 2.90. The van der Waals surface area contributed by atoms with Crippen LogP contribution in [0.4, 0.5) is 4.39 Å². The quantitative estimate of drug-likeness (QED) is 0.933. The van der Waals surface area contributed by atoms with Crippen LogP contribution in [-0.2, 0) is 15.5 Å². The summed E-state index contributed by atoms with van der Waals surface area (Å²) < 4.78 is 40.8. The van der Waals surface area contributed by atoms with Gasteiger partial charge in [0.2, 0.25) is 0 Å². The van der Waals surface area contributed by atoms with Crippen LogP contribution in [0.1, 0.15) is 45.1 Å². The van der Waals surface area contributed by atoms with Crippen molar-refractivity contribution in [2.75, 3.05) is 0 Å². The second-order valence-electron chi connectivity index (χ2n) is 6.11. The number of halogens is 1. The van der Waals surface area contributed by atoms with Gasteiger partial charge in [-0.15, -0.1) is 0 Å². The Morgan fingerprint density at radius 3 is 2.40 bits per heavy atom. The summed E-state index contributed by atoms with van der Waals surface area (Å²) in [7, 11) is -3.75. The average Bonchev–Trinajstić information content (AvgIpc) is 2.39. The van der Waals surface area contributed by atoms with Crippen molar-refractivity contribution < 1.29 is 12.8 Å². The SMILES string of the molecule is CC(C)(N)S(=O)(=O)[C@@H]1CCCC[C@@]1(F)c1ccccc1. The lowest BCUT2D eigenvalue weighted by Crippen LogP contribution is -2.54. The zero-order valence-electron chi connectivity index (χ0n) is 12.0. The number of hydrogen-bond acceptors (Lipinski definition) is 3. The molecule has 2 atom stereocenters. The minimum atomic E-state index is -3.75. The number of alkyl halides is 1. The van der Waals surface area contributed by atoms with E-state index in [4.69, 9.17) is 5.73 Å². The van der Waals surface area contributed by atoms with Gasteiger partial charge in [-0.3, -0.25) is 0 Å². The van der Waals surface area contributed by atoms with Gasteiger partial charge < -0.3 is 5.73 Å². The maximum atomic E-state index is 15.6. The van der Waals surface area contributed by atoms with Crippen LogP contribution in [0.25, 0.3) is 0 Å². The fourth-order valence-electron chi connectivity index (χ4n) is 2.91. The van der Waals surface area contributed by atoms with Crippen LogP contribution in [-0.4, -0.2) is 18.5 Å². The van der Waals surface area contributed by atoms with Crippen molar-refractivity contribution in [3.8, 4) is 0 Å². The average molecular weight is 299 g/mol. The van der Waals surface area contributed by atoms with E-state index in [0.29, 0.717) is 18.4 Å². The Morgan fingerprint density at radius 1 is 1.25 bits per heavy atom. The van der Waals surface area contributed by atoms with E-state index in [1.54, 1.807) is 30.3 Å². The molecule has 2 N–H and O–H groups in total. The first-order valence-corrected chi connectivity index (χ1v) is 8.51. The summed E-state index contributed by atoms with van der Waals surface area (Å²) in [4.78, 5) is -1.43. The zero-order chi connectivity index (χ0) is 15.0. The van der Waals surface area contributed by atoms with E-state index in [-0.39, 0.29) is 6.42 Å². The van der Waals surface area contributed by atoms with E-state index < -0.39 is 25.6 Å². The van der Waals surface area contributed by atoms with Gasteiger partial charge in [-0.1, -0.05) is 36.8 Å². The minimum absolute atomic E-state index is 0.233. The van der Waals surface area contributed by atoms with Gasteiger partial charge in [-0.2, -0.15) is 0 Å². The van der Waals surface area contributed by atoms with Crippen molar-refractivity contribution in [1.29, 1.82) is 0 Å². The van der Waals surface area contributed by atoms with Crippen LogP contribution in [0.3, 0.4) is 0 Å². The molecule has 0 radical (unpaired) electrons. The van der Waals surface area contributed by atoms with E-state index >= 15 is 4.39 Å². The lowest BCUT2D eigenvalue weighted by Gasteiger charge is -2.40. The maximum Gasteiger partial charge on any atom is 0.174 e. The van der Waals surface area contributed by atoms with Crippen LogP contribution in [0.15, 0.2) is 30.3 Å². The van der Waals surface area contributed by atoms with E-state index in [9.17, 15) is 8.42 Å². The summed E-state index contributed by atoms with van der Waals surface area (Å²) in [6, 6.07) is 8.60. The van der Waals surface area contributed by atoms with Crippen molar-refractivity contribution in [2.45, 2.75) is 55.3 Å². The van der Waals surface area contributed by atoms with Crippen molar-refractivity contribution in [2.24, 2.45) is 5.73 Å². The highest BCUT2D eigenvalue weighted by molar-refractivity contribution is 7.93. The normalized spacial score (nSPS) is 28.3. The van der Waals surface area contributed by atoms with Crippen LogP contribution < -0.4 is 5.73 Å². The molecule has 0 bridgehead atoms. The summed E-state index contributed by atoms with van der Waals surface area (Å²) >= 11 is 0. The fourth-order valence-corrected chi connectivity index (χ4v) is 4.87. The second-order valence-corrected chi connectivity index (χ2v) is 8.82. The molecule has 0 unspecified atom stereocenters. The molecular formula is C15H22FNO2S. The lowest BCUT2D eigenvalue weighted by molar-refractivity contribution is 0.109. The highest BCUT2D eigenvalue weighted by Gasteiger charge is 2.53. The van der Waals surface area contributed by atoms with Crippen LogP contribution in [0.2, 0.25) is 0 Å². The highest BCUT2D eigenvalue weighted by atomic mass is 32.2. The molecule has 0 aromatic heterocycles. The summed E-state index contributed by atoms with van der Waals surface area (Å²) in [5, 5.41) is -1.06. The molecule has 1 aromatic carbocycles. The molecule has 0 saturated heterocycles. The molecule has 112 valence electrons. The first-order chi connectivity index (χ1) is 9.19. The van der Waals surface area contributed by atoms with E-state index in [0.717, 1.165) is 6.42 Å². The third-order valence-corrected chi connectivity index (χ3v) is 6.95. The van der Waals surface area contributed by atoms with Crippen molar-refractivity contribution in [1.82, 2.24) is 0 Å². The highest BCUT2D eigenvalue weighted by Crippen LogP contribution is 2.45.